The quantitative estimate of drug-likeness (QED) is 0.784. The minimum atomic E-state index is 0.0470. The van der Waals surface area contributed by atoms with Crippen molar-refractivity contribution in [2.24, 2.45) is 0 Å². The lowest BCUT2D eigenvalue weighted by Crippen LogP contribution is -2.00. The zero-order chi connectivity index (χ0) is 13.3. The van der Waals surface area contributed by atoms with Gasteiger partial charge in [-0.2, -0.15) is 0 Å². The van der Waals surface area contributed by atoms with E-state index in [0.29, 0.717) is 5.56 Å². The summed E-state index contributed by atoms with van der Waals surface area (Å²) in [5, 5.41) is 0. The largest absolute Gasteiger partial charge is 0.497 e. The number of aryl methyl sites for hydroxylation is 2. The van der Waals surface area contributed by atoms with Crippen molar-refractivity contribution in [3.05, 3.63) is 49.6 Å². The van der Waals surface area contributed by atoms with Crippen LogP contribution in [-0.4, -0.2) is 12.9 Å². The molecule has 0 radical (unpaired) electrons. The lowest BCUT2D eigenvalue weighted by atomic mass is 10.1. The van der Waals surface area contributed by atoms with Crippen molar-refractivity contribution in [2.45, 2.75) is 13.8 Å². The number of ether oxygens (including phenoxy) is 1. The fraction of sp³-hybridized carbons (Fsp3) is 0.214. The Bertz CT molecular complexity index is 582. The van der Waals surface area contributed by atoms with Gasteiger partial charge in [-0.15, -0.1) is 11.3 Å². The molecule has 18 heavy (non-hydrogen) atoms. The van der Waals surface area contributed by atoms with E-state index in [0.717, 1.165) is 20.7 Å². The number of carbonyl (C=O) groups is 1. The average Bonchev–Trinajstić information content (AvgIpc) is 2.68. The van der Waals surface area contributed by atoms with Crippen LogP contribution in [0.25, 0.3) is 0 Å². The molecule has 0 fully saturated rings. The molecule has 0 spiro atoms. The summed E-state index contributed by atoms with van der Waals surface area (Å²) < 4.78 is 5.88. The topological polar surface area (TPSA) is 26.3 Å². The number of ketones is 1. The third-order valence-electron chi connectivity index (χ3n) is 2.81. The molecule has 0 amide bonds. The van der Waals surface area contributed by atoms with Crippen molar-refractivity contribution in [2.75, 3.05) is 7.11 Å². The van der Waals surface area contributed by atoms with Crippen LogP contribution in [0.4, 0.5) is 0 Å². The molecule has 1 aromatic carbocycles. The van der Waals surface area contributed by atoms with Gasteiger partial charge in [0.1, 0.15) is 5.75 Å². The van der Waals surface area contributed by atoms with Crippen LogP contribution >= 0.6 is 27.3 Å². The number of hydrogen-bond acceptors (Lipinski definition) is 3. The van der Waals surface area contributed by atoms with Crippen molar-refractivity contribution >= 4 is 33.0 Å². The van der Waals surface area contributed by atoms with E-state index < -0.39 is 0 Å². The van der Waals surface area contributed by atoms with Gasteiger partial charge in [-0.05, 0) is 59.6 Å². The maximum atomic E-state index is 12.4. The van der Waals surface area contributed by atoms with Crippen molar-refractivity contribution < 1.29 is 9.53 Å². The summed E-state index contributed by atoms with van der Waals surface area (Å²) in [5.74, 6) is 0.780. The molecule has 4 heteroatoms. The fourth-order valence-electron chi connectivity index (χ4n) is 1.62. The monoisotopic (exact) mass is 324 g/mol. The average molecular weight is 325 g/mol. The van der Waals surface area contributed by atoms with Crippen molar-refractivity contribution in [1.29, 1.82) is 0 Å². The lowest BCUT2D eigenvalue weighted by Gasteiger charge is -2.04. The first-order valence-electron chi connectivity index (χ1n) is 5.48. The molecule has 0 bridgehead atoms. The van der Waals surface area contributed by atoms with Gasteiger partial charge in [-0.3, -0.25) is 4.79 Å². The Morgan fingerprint density at radius 3 is 2.50 bits per heavy atom. The Kier molecular flexibility index (Phi) is 3.88. The smallest absolute Gasteiger partial charge is 0.204 e. The van der Waals surface area contributed by atoms with E-state index in [1.54, 1.807) is 25.3 Å². The van der Waals surface area contributed by atoms with Crippen molar-refractivity contribution in [1.82, 2.24) is 0 Å². The number of carbonyl (C=O) groups excluding carboxylic acids is 1. The second-order valence-electron chi connectivity index (χ2n) is 4.02. The van der Waals surface area contributed by atoms with Gasteiger partial charge in [0.15, 0.2) is 0 Å². The second kappa shape index (κ2) is 5.24. The van der Waals surface area contributed by atoms with Crippen molar-refractivity contribution in [3.63, 3.8) is 0 Å². The predicted octanol–water partition coefficient (Wildman–Crippen LogP) is 4.37. The number of halogens is 1. The van der Waals surface area contributed by atoms with Gasteiger partial charge in [-0.25, -0.2) is 0 Å². The molecule has 0 N–H and O–H groups in total. The van der Waals surface area contributed by atoms with E-state index in [-0.39, 0.29) is 5.78 Å². The molecule has 94 valence electrons. The molecular formula is C14H13BrO2S. The van der Waals surface area contributed by atoms with Gasteiger partial charge in [0, 0.05) is 14.9 Å². The first-order valence-corrected chi connectivity index (χ1v) is 7.09. The number of benzene rings is 1. The van der Waals surface area contributed by atoms with Crippen LogP contribution in [0.15, 0.2) is 28.7 Å². The Morgan fingerprint density at radius 1 is 1.28 bits per heavy atom. The zero-order valence-electron chi connectivity index (χ0n) is 10.4. The number of methoxy groups -OCH3 is 1. The molecule has 0 saturated carbocycles. The van der Waals surface area contributed by atoms with Crippen LogP contribution < -0.4 is 4.74 Å². The first kappa shape index (κ1) is 13.3. The van der Waals surface area contributed by atoms with Crippen LogP contribution in [0.1, 0.15) is 25.7 Å². The van der Waals surface area contributed by atoms with E-state index in [9.17, 15) is 4.79 Å². The van der Waals surface area contributed by atoms with Gasteiger partial charge in [0.2, 0.25) is 5.78 Å². The standard InChI is InChI=1S/C14H13BrO2S/c1-8-6-13(18-9(8)2)14(16)11-5-4-10(17-3)7-12(11)15/h4-7H,1-3H3. The molecule has 0 aliphatic heterocycles. The fourth-order valence-corrected chi connectivity index (χ4v) is 3.15. The Hall–Kier alpha value is -1.13. The van der Waals surface area contributed by atoms with E-state index in [2.05, 4.69) is 15.9 Å². The summed E-state index contributed by atoms with van der Waals surface area (Å²) in [7, 11) is 1.61. The van der Waals surface area contributed by atoms with Crippen LogP contribution in [0.3, 0.4) is 0 Å². The minimum absolute atomic E-state index is 0.0470. The van der Waals surface area contributed by atoms with Gasteiger partial charge < -0.3 is 4.74 Å². The van der Waals surface area contributed by atoms with Crippen LogP contribution in [0.5, 0.6) is 5.75 Å². The summed E-state index contributed by atoms with van der Waals surface area (Å²) >= 11 is 4.95. The molecule has 2 rings (SSSR count). The SMILES string of the molecule is COc1ccc(C(=O)c2cc(C)c(C)s2)c(Br)c1. The molecule has 0 unspecified atom stereocenters. The summed E-state index contributed by atoms with van der Waals surface area (Å²) in [4.78, 5) is 14.3. The Labute approximate surface area is 119 Å². The highest BCUT2D eigenvalue weighted by Crippen LogP contribution is 2.28. The van der Waals surface area contributed by atoms with Crippen LogP contribution in [-0.2, 0) is 0 Å². The third kappa shape index (κ3) is 2.49. The highest BCUT2D eigenvalue weighted by Gasteiger charge is 2.16. The van der Waals surface area contributed by atoms with E-state index in [4.69, 9.17) is 4.74 Å². The van der Waals surface area contributed by atoms with E-state index >= 15 is 0 Å². The zero-order valence-corrected chi connectivity index (χ0v) is 12.8. The van der Waals surface area contributed by atoms with E-state index in [1.165, 1.54) is 16.2 Å². The molecule has 0 aliphatic rings. The Balaban J connectivity index is 2.40. The molecule has 2 nitrogen and oxygen atoms in total. The molecule has 0 atom stereocenters. The lowest BCUT2D eigenvalue weighted by molar-refractivity contribution is 0.104. The summed E-state index contributed by atoms with van der Waals surface area (Å²) in [5.41, 5.74) is 1.82. The molecule has 0 aliphatic carbocycles. The van der Waals surface area contributed by atoms with Gasteiger partial charge in [0.05, 0.1) is 12.0 Å². The van der Waals surface area contributed by atoms with Gasteiger partial charge in [-0.1, -0.05) is 0 Å². The van der Waals surface area contributed by atoms with Crippen LogP contribution in [0, 0.1) is 13.8 Å². The first-order chi connectivity index (χ1) is 8.52. The second-order valence-corrected chi connectivity index (χ2v) is 6.14. The maximum absolute atomic E-state index is 12.4. The molecule has 1 heterocycles. The number of hydrogen-bond donors (Lipinski definition) is 0. The summed E-state index contributed by atoms with van der Waals surface area (Å²) in [6.07, 6.45) is 0. The summed E-state index contributed by atoms with van der Waals surface area (Å²) in [6.45, 7) is 4.05. The van der Waals surface area contributed by atoms with Gasteiger partial charge in [0.25, 0.3) is 0 Å². The highest BCUT2D eigenvalue weighted by atomic mass is 79.9. The van der Waals surface area contributed by atoms with Gasteiger partial charge >= 0.3 is 0 Å². The molecule has 1 aromatic heterocycles. The minimum Gasteiger partial charge on any atom is -0.497 e. The maximum Gasteiger partial charge on any atom is 0.204 e. The third-order valence-corrected chi connectivity index (χ3v) is 4.62. The molecule has 0 saturated heterocycles. The Morgan fingerprint density at radius 2 is 2.00 bits per heavy atom. The molecular weight excluding hydrogens is 312 g/mol. The normalized spacial score (nSPS) is 10.4. The summed E-state index contributed by atoms with van der Waals surface area (Å²) in [6, 6.07) is 7.33. The highest BCUT2D eigenvalue weighted by molar-refractivity contribution is 9.10. The predicted molar refractivity (Wildman–Crippen MR) is 77.9 cm³/mol. The molecule has 2 aromatic rings. The van der Waals surface area contributed by atoms with E-state index in [1.807, 2.05) is 19.9 Å². The number of thiophene rings is 1. The number of rotatable bonds is 3. The van der Waals surface area contributed by atoms with Crippen molar-refractivity contribution in [3.8, 4) is 5.75 Å². The van der Waals surface area contributed by atoms with Crippen LogP contribution in [0.2, 0.25) is 0 Å².